The second kappa shape index (κ2) is 7.82. The Labute approximate surface area is 170 Å². The Balaban J connectivity index is 1.33. The SMILES string of the molecule is COc1ncc(CN2CCOC3(COC(C(=O)NC4CS(=O)(=O)C4)C3)C2)cc1C. The van der Waals surface area contributed by atoms with Crippen LogP contribution in [-0.2, 0) is 30.7 Å². The summed E-state index contributed by atoms with van der Waals surface area (Å²) in [5.74, 6) is 0.397. The highest BCUT2D eigenvalue weighted by Gasteiger charge is 2.47. The van der Waals surface area contributed by atoms with Crippen molar-refractivity contribution in [2.75, 3.05) is 44.9 Å². The van der Waals surface area contributed by atoms with E-state index in [2.05, 4.69) is 21.3 Å². The number of hydrogen-bond donors (Lipinski definition) is 1. The molecular formula is C19H27N3O6S. The van der Waals surface area contributed by atoms with Gasteiger partial charge in [0.25, 0.3) is 0 Å². The molecule has 10 heteroatoms. The molecule has 1 aromatic rings. The lowest BCUT2D eigenvalue weighted by Gasteiger charge is -2.39. The Morgan fingerprint density at radius 3 is 2.93 bits per heavy atom. The summed E-state index contributed by atoms with van der Waals surface area (Å²) in [4.78, 5) is 19.1. The summed E-state index contributed by atoms with van der Waals surface area (Å²) in [6, 6.07) is 1.77. The van der Waals surface area contributed by atoms with E-state index in [0.717, 1.165) is 24.2 Å². The van der Waals surface area contributed by atoms with Crippen molar-refractivity contribution in [3.05, 3.63) is 23.4 Å². The number of carbonyl (C=O) groups is 1. The van der Waals surface area contributed by atoms with Crippen LogP contribution in [0.5, 0.6) is 5.88 Å². The van der Waals surface area contributed by atoms with Gasteiger partial charge in [-0.25, -0.2) is 13.4 Å². The zero-order chi connectivity index (χ0) is 20.6. The molecule has 3 aliphatic rings. The molecule has 0 radical (unpaired) electrons. The molecule has 4 rings (SSSR count). The topological polar surface area (TPSA) is 107 Å². The van der Waals surface area contributed by atoms with Gasteiger partial charge in [-0.05, 0) is 18.6 Å². The standard InChI is InChI=1S/C19H27N3O6S/c1-13-5-14(7-20-18(13)26-2)8-22-3-4-28-19(11-22)6-16(27-12-19)17(23)21-15-9-29(24,25)10-15/h5,7,15-16H,3-4,6,8-12H2,1-2H3,(H,21,23). The van der Waals surface area contributed by atoms with Gasteiger partial charge in [0.2, 0.25) is 11.8 Å². The summed E-state index contributed by atoms with van der Waals surface area (Å²) in [5.41, 5.74) is 1.58. The Bertz CT molecular complexity index is 880. The highest BCUT2D eigenvalue weighted by atomic mass is 32.2. The monoisotopic (exact) mass is 425 g/mol. The van der Waals surface area contributed by atoms with Crippen molar-refractivity contribution in [1.29, 1.82) is 0 Å². The van der Waals surface area contributed by atoms with Gasteiger partial charge in [0.05, 0.1) is 37.9 Å². The number of aryl methyl sites for hydroxylation is 1. The van der Waals surface area contributed by atoms with E-state index in [1.165, 1.54) is 0 Å². The van der Waals surface area contributed by atoms with Crippen LogP contribution in [0.15, 0.2) is 12.3 Å². The maximum atomic E-state index is 12.4. The number of carbonyl (C=O) groups excluding carboxylic acids is 1. The van der Waals surface area contributed by atoms with Crippen LogP contribution in [0.25, 0.3) is 0 Å². The molecule has 0 aliphatic carbocycles. The number of sulfone groups is 1. The molecule has 1 aromatic heterocycles. The van der Waals surface area contributed by atoms with Crippen LogP contribution in [-0.4, -0.2) is 86.9 Å². The first-order chi connectivity index (χ1) is 13.8. The van der Waals surface area contributed by atoms with Crippen LogP contribution in [0.1, 0.15) is 17.5 Å². The Morgan fingerprint density at radius 1 is 1.45 bits per heavy atom. The number of pyridine rings is 1. The summed E-state index contributed by atoms with van der Waals surface area (Å²) in [7, 11) is -1.36. The zero-order valence-electron chi connectivity index (χ0n) is 16.7. The molecule has 0 aromatic carbocycles. The Hall–Kier alpha value is -1.75. The third kappa shape index (κ3) is 4.55. The molecule has 1 N–H and O–H groups in total. The minimum atomic E-state index is -2.97. The van der Waals surface area contributed by atoms with Gasteiger partial charge in [-0.3, -0.25) is 9.69 Å². The normalized spacial score (nSPS) is 29.5. The zero-order valence-corrected chi connectivity index (χ0v) is 17.5. The number of aromatic nitrogens is 1. The maximum absolute atomic E-state index is 12.4. The lowest BCUT2D eigenvalue weighted by molar-refractivity contribution is -0.130. The van der Waals surface area contributed by atoms with E-state index in [1.807, 2.05) is 13.1 Å². The van der Waals surface area contributed by atoms with Crippen molar-refractivity contribution in [1.82, 2.24) is 15.2 Å². The van der Waals surface area contributed by atoms with Crippen molar-refractivity contribution >= 4 is 15.7 Å². The fourth-order valence-electron chi connectivity index (χ4n) is 4.27. The summed E-state index contributed by atoms with van der Waals surface area (Å²) in [5, 5.41) is 2.77. The summed E-state index contributed by atoms with van der Waals surface area (Å²) < 4.78 is 39.5. The van der Waals surface area contributed by atoms with Crippen molar-refractivity contribution in [3.8, 4) is 5.88 Å². The van der Waals surface area contributed by atoms with Crippen LogP contribution < -0.4 is 10.1 Å². The molecule has 0 bridgehead atoms. The van der Waals surface area contributed by atoms with Gasteiger partial charge >= 0.3 is 0 Å². The molecular weight excluding hydrogens is 398 g/mol. The molecule has 2 unspecified atom stereocenters. The highest BCUT2D eigenvalue weighted by molar-refractivity contribution is 7.92. The molecule has 3 saturated heterocycles. The second-order valence-electron chi connectivity index (χ2n) is 8.20. The number of rotatable bonds is 5. The second-order valence-corrected chi connectivity index (χ2v) is 10.4. The predicted octanol–water partition coefficient (Wildman–Crippen LogP) is -0.328. The van der Waals surface area contributed by atoms with E-state index < -0.39 is 21.5 Å². The molecule has 1 amide bonds. The van der Waals surface area contributed by atoms with Gasteiger partial charge in [-0.2, -0.15) is 0 Å². The molecule has 9 nitrogen and oxygen atoms in total. The fourth-order valence-corrected chi connectivity index (χ4v) is 5.56. The van der Waals surface area contributed by atoms with Crippen LogP contribution >= 0.6 is 0 Å². The van der Waals surface area contributed by atoms with Crippen LogP contribution in [0.3, 0.4) is 0 Å². The summed E-state index contributed by atoms with van der Waals surface area (Å²) in [6.07, 6.45) is 1.68. The van der Waals surface area contributed by atoms with E-state index in [1.54, 1.807) is 7.11 Å². The fraction of sp³-hybridized carbons (Fsp3) is 0.684. The number of nitrogens with one attached hydrogen (secondary N) is 1. The molecule has 0 saturated carbocycles. The minimum Gasteiger partial charge on any atom is -0.481 e. The molecule has 29 heavy (non-hydrogen) atoms. The van der Waals surface area contributed by atoms with Crippen molar-refractivity contribution in [2.45, 2.75) is 37.6 Å². The van der Waals surface area contributed by atoms with Crippen molar-refractivity contribution < 1.29 is 27.4 Å². The number of ether oxygens (including phenoxy) is 3. The molecule has 3 aliphatic heterocycles. The smallest absolute Gasteiger partial charge is 0.249 e. The van der Waals surface area contributed by atoms with Gasteiger partial charge in [0, 0.05) is 37.8 Å². The van der Waals surface area contributed by atoms with Crippen LogP contribution in [0.4, 0.5) is 0 Å². The molecule has 160 valence electrons. The lowest BCUT2D eigenvalue weighted by Crippen LogP contribution is -2.55. The van der Waals surface area contributed by atoms with Crippen molar-refractivity contribution in [3.63, 3.8) is 0 Å². The predicted molar refractivity (Wildman–Crippen MR) is 104 cm³/mol. The first-order valence-electron chi connectivity index (χ1n) is 9.76. The van der Waals surface area contributed by atoms with Crippen LogP contribution in [0, 0.1) is 6.92 Å². The van der Waals surface area contributed by atoms with E-state index in [9.17, 15) is 13.2 Å². The molecule has 4 heterocycles. The number of nitrogens with zero attached hydrogens (tertiary/aromatic N) is 2. The van der Waals surface area contributed by atoms with E-state index in [4.69, 9.17) is 14.2 Å². The van der Waals surface area contributed by atoms with Gasteiger partial charge < -0.3 is 19.5 Å². The number of amides is 1. The average Bonchev–Trinajstić information content (AvgIpc) is 3.04. The number of methoxy groups -OCH3 is 1. The lowest BCUT2D eigenvalue weighted by atomic mass is 9.97. The quantitative estimate of drug-likeness (QED) is 0.684. The number of morpholine rings is 1. The summed E-state index contributed by atoms with van der Waals surface area (Å²) >= 11 is 0. The van der Waals surface area contributed by atoms with Gasteiger partial charge in [-0.15, -0.1) is 0 Å². The third-order valence-electron chi connectivity index (χ3n) is 5.67. The third-order valence-corrected chi connectivity index (χ3v) is 7.49. The average molecular weight is 426 g/mol. The van der Waals surface area contributed by atoms with E-state index in [-0.39, 0.29) is 23.5 Å². The first-order valence-corrected chi connectivity index (χ1v) is 11.6. The Morgan fingerprint density at radius 2 is 2.24 bits per heavy atom. The molecule has 3 fully saturated rings. The highest BCUT2D eigenvalue weighted by Crippen LogP contribution is 2.32. The Kier molecular flexibility index (Phi) is 5.54. The van der Waals surface area contributed by atoms with E-state index >= 15 is 0 Å². The van der Waals surface area contributed by atoms with Crippen LogP contribution in [0.2, 0.25) is 0 Å². The number of hydrogen-bond acceptors (Lipinski definition) is 8. The van der Waals surface area contributed by atoms with Gasteiger partial charge in [-0.1, -0.05) is 0 Å². The van der Waals surface area contributed by atoms with Gasteiger partial charge in [0.15, 0.2) is 9.84 Å². The minimum absolute atomic E-state index is 0.0101. The first kappa shape index (κ1) is 20.5. The molecule has 2 atom stereocenters. The van der Waals surface area contributed by atoms with E-state index in [0.29, 0.717) is 32.1 Å². The largest absolute Gasteiger partial charge is 0.481 e. The van der Waals surface area contributed by atoms with Gasteiger partial charge in [0.1, 0.15) is 11.7 Å². The molecule has 1 spiro atoms. The summed E-state index contributed by atoms with van der Waals surface area (Å²) in [6.45, 7) is 5.09. The maximum Gasteiger partial charge on any atom is 0.249 e. The van der Waals surface area contributed by atoms with Crippen molar-refractivity contribution in [2.24, 2.45) is 0 Å².